The quantitative estimate of drug-likeness (QED) is 0.731. The smallest absolute Gasteiger partial charge is 0.262 e. The number of benzene rings is 1. The summed E-state index contributed by atoms with van der Waals surface area (Å²) in [7, 11) is -7.86. The molecule has 0 saturated carbocycles. The molecule has 0 aliphatic carbocycles. The highest BCUT2D eigenvalue weighted by atomic mass is 32.2. The maximum Gasteiger partial charge on any atom is 0.262 e. The molecule has 0 aliphatic rings. The largest absolute Gasteiger partial charge is 0.359 e. The maximum absolute atomic E-state index is 14.2. The van der Waals surface area contributed by atoms with E-state index >= 15 is 0 Å². The second kappa shape index (κ2) is 7.23. The normalized spacial score (nSPS) is 12.4. The topological polar surface area (TPSA) is 118 Å². The van der Waals surface area contributed by atoms with E-state index in [4.69, 9.17) is 4.52 Å². The van der Waals surface area contributed by atoms with Gasteiger partial charge >= 0.3 is 0 Å². The third-order valence-electron chi connectivity index (χ3n) is 3.61. The first-order valence-corrected chi connectivity index (χ1v) is 10.8. The second-order valence-corrected chi connectivity index (χ2v) is 9.78. The van der Waals surface area contributed by atoms with Crippen LogP contribution in [0, 0.1) is 12.7 Å². The van der Waals surface area contributed by atoms with Crippen molar-refractivity contribution < 1.29 is 25.7 Å². The zero-order valence-electron chi connectivity index (χ0n) is 14.7. The van der Waals surface area contributed by atoms with Crippen molar-refractivity contribution in [1.29, 1.82) is 0 Å². The van der Waals surface area contributed by atoms with Crippen LogP contribution in [0.25, 0.3) is 0 Å². The third kappa shape index (κ3) is 4.15. The summed E-state index contributed by atoms with van der Waals surface area (Å²) in [5.41, 5.74) is 0.234. The lowest BCUT2D eigenvalue weighted by Crippen LogP contribution is -2.23. The first-order chi connectivity index (χ1) is 12.0. The van der Waals surface area contributed by atoms with Crippen LogP contribution in [-0.4, -0.2) is 27.2 Å². The Morgan fingerprint density at radius 2 is 1.85 bits per heavy atom. The number of anilines is 2. The summed E-state index contributed by atoms with van der Waals surface area (Å²) in [5.74, 6) is -0.650. The Hall–Kier alpha value is -2.14. The minimum Gasteiger partial charge on any atom is -0.359 e. The molecule has 11 heteroatoms. The molecule has 0 atom stereocenters. The van der Waals surface area contributed by atoms with E-state index in [-0.39, 0.29) is 16.3 Å². The van der Waals surface area contributed by atoms with E-state index in [9.17, 15) is 21.2 Å². The fourth-order valence-corrected chi connectivity index (χ4v) is 3.86. The second-order valence-electron chi connectivity index (χ2n) is 5.86. The first-order valence-electron chi connectivity index (χ1n) is 7.77. The Morgan fingerprint density at radius 1 is 1.19 bits per heavy atom. The van der Waals surface area contributed by atoms with Crippen molar-refractivity contribution in [3.63, 3.8) is 0 Å². The number of aromatic nitrogens is 1. The van der Waals surface area contributed by atoms with Crippen LogP contribution in [0.2, 0.25) is 0 Å². The lowest BCUT2D eigenvalue weighted by Gasteiger charge is -2.13. The van der Waals surface area contributed by atoms with Crippen LogP contribution in [0.4, 0.5) is 15.8 Å². The van der Waals surface area contributed by atoms with E-state index in [1.165, 1.54) is 13.8 Å². The summed E-state index contributed by atoms with van der Waals surface area (Å²) in [5, 5.41) is 2.93. The fourth-order valence-electron chi connectivity index (χ4n) is 2.00. The van der Waals surface area contributed by atoms with Crippen LogP contribution in [-0.2, 0) is 26.5 Å². The molecule has 0 radical (unpaired) electrons. The van der Waals surface area contributed by atoms with Gasteiger partial charge in [-0.25, -0.2) is 21.2 Å². The summed E-state index contributed by atoms with van der Waals surface area (Å²) in [4.78, 5) is -0.356. The SMILES string of the molecule is CCc1onc(C)c1NS(=O)(=O)c1ccc(NS(=O)(=O)C(C)C)c(F)c1. The van der Waals surface area contributed by atoms with Gasteiger partial charge in [-0.15, -0.1) is 0 Å². The van der Waals surface area contributed by atoms with Crippen molar-refractivity contribution in [3.05, 3.63) is 35.5 Å². The molecule has 26 heavy (non-hydrogen) atoms. The van der Waals surface area contributed by atoms with E-state index in [2.05, 4.69) is 14.6 Å². The van der Waals surface area contributed by atoms with E-state index in [0.717, 1.165) is 18.2 Å². The standard InChI is InChI=1S/C15H20FN3O5S2/c1-5-14-15(10(4)17-24-14)19-26(22,23)11-6-7-13(12(16)8-11)18-25(20,21)9(2)3/h6-9,18-19H,5H2,1-4H3. The average molecular weight is 405 g/mol. The molecule has 0 aliphatic heterocycles. The van der Waals surface area contributed by atoms with Gasteiger partial charge in [-0.3, -0.25) is 9.44 Å². The van der Waals surface area contributed by atoms with E-state index in [1.807, 2.05) is 0 Å². The lowest BCUT2D eigenvalue weighted by molar-refractivity contribution is 0.383. The van der Waals surface area contributed by atoms with Crippen LogP contribution < -0.4 is 9.44 Å². The van der Waals surface area contributed by atoms with Gasteiger partial charge in [0.2, 0.25) is 10.0 Å². The summed E-state index contributed by atoms with van der Waals surface area (Å²) in [6.07, 6.45) is 0.420. The first kappa shape index (κ1) is 20.2. The molecule has 0 spiro atoms. The van der Waals surface area contributed by atoms with Gasteiger partial charge in [0.05, 0.1) is 15.8 Å². The van der Waals surface area contributed by atoms with Crippen LogP contribution in [0.1, 0.15) is 32.2 Å². The summed E-state index contributed by atoms with van der Waals surface area (Å²) < 4.78 is 72.3. The molecule has 1 heterocycles. The number of halogens is 1. The van der Waals surface area contributed by atoms with Gasteiger partial charge in [-0.05, 0) is 39.0 Å². The molecule has 0 unspecified atom stereocenters. The number of hydrogen-bond acceptors (Lipinski definition) is 6. The van der Waals surface area contributed by atoms with Crippen LogP contribution in [0.5, 0.6) is 0 Å². The van der Waals surface area contributed by atoms with Gasteiger partial charge in [0.25, 0.3) is 10.0 Å². The molecular weight excluding hydrogens is 385 g/mol. The molecule has 0 saturated heterocycles. The minimum atomic E-state index is -4.10. The highest BCUT2D eigenvalue weighted by molar-refractivity contribution is 7.93. The van der Waals surface area contributed by atoms with Gasteiger partial charge in [0, 0.05) is 6.42 Å². The number of rotatable bonds is 7. The molecule has 1 aromatic carbocycles. The number of aryl methyl sites for hydroxylation is 2. The minimum absolute atomic E-state index is 0.206. The molecular formula is C15H20FN3O5S2. The fraction of sp³-hybridized carbons (Fsp3) is 0.400. The zero-order valence-corrected chi connectivity index (χ0v) is 16.3. The highest BCUT2D eigenvalue weighted by Gasteiger charge is 2.23. The van der Waals surface area contributed by atoms with Gasteiger partial charge in [0.15, 0.2) is 5.76 Å². The number of nitrogens with zero attached hydrogens (tertiary/aromatic N) is 1. The van der Waals surface area contributed by atoms with Crippen molar-refractivity contribution in [2.24, 2.45) is 0 Å². The summed E-state index contributed by atoms with van der Waals surface area (Å²) in [6, 6.07) is 2.91. The predicted octanol–water partition coefficient (Wildman–Crippen LogP) is 2.64. The van der Waals surface area contributed by atoms with Crippen molar-refractivity contribution in [2.75, 3.05) is 9.44 Å². The molecule has 144 valence electrons. The Morgan fingerprint density at radius 3 is 2.38 bits per heavy atom. The third-order valence-corrected chi connectivity index (χ3v) is 6.71. The highest BCUT2D eigenvalue weighted by Crippen LogP contribution is 2.26. The average Bonchev–Trinajstić information content (AvgIpc) is 2.88. The van der Waals surface area contributed by atoms with Crippen LogP contribution >= 0.6 is 0 Å². The van der Waals surface area contributed by atoms with Gasteiger partial charge in [-0.1, -0.05) is 12.1 Å². The molecule has 2 aromatic rings. The number of hydrogen-bond donors (Lipinski definition) is 2. The molecule has 2 N–H and O–H groups in total. The van der Waals surface area contributed by atoms with Crippen molar-refractivity contribution in [1.82, 2.24) is 5.16 Å². The summed E-state index contributed by atoms with van der Waals surface area (Å²) >= 11 is 0. The Balaban J connectivity index is 2.34. The lowest BCUT2D eigenvalue weighted by atomic mass is 10.3. The molecule has 1 aromatic heterocycles. The predicted molar refractivity (Wildman–Crippen MR) is 95.5 cm³/mol. The monoisotopic (exact) mass is 405 g/mol. The molecule has 0 bridgehead atoms. The number of sulfonamides is 2. The van der Waals surface area contributed by atoms with Crippen molar-refractivity contribution in [3.8, 4) is 0 Å². The van der Waals surface area contributed by atoms with Crippen LogP contribution in [0.3, 0.4) is 0 Å². The molecule has 2 rings (SSSR count). The van der Waals surface area contributed by atoms with Crippen molar-refractivity contribution >= 4 is 31.4 Å². The van der Waals surface area contributed by atoms with Crippen LogP contribution in [0.15, 0.2) is 27.6 Å². The molecule has 0 amide bonds. The van der Waals surface area contributed by atoms with Gasteiger partial charge in [-0.2, -0.15) is 0 Å². The summed E-state index contributed by atoms with van der Waals surface area (Å²) in [6.45, 7) is 6.23. The molecule has 8 nitrogen and oxygen atoms in total. The Labute approximate surface area is 151 Å². The maximum atomic E-state index is 14.2. The van der Waals surface area contributed by atoms with Crippen molar-refractivity contribution in [2.45, 2.75) is 44.3 Å². The Kier molecular flexibility index (Phi) is 5.61. The Bertz CT molecular complexity index is 1010. The van der Waals surface area contributed by atoms with Gasteiger partial charge < -0.3 is 4.52 Å². The van der Waals surface area contributed by atoms with E-state index in [1.54, 1.807) is 13.8 Å². The van der Waals surface area contributed by atoms with E-state index in [0.29, 0.717) is 17.9 Å². The molecule has 0 fully saturated rings. The number of nitrogens with one attached hydrogen (secondary N) is 2. The van der Waals surface area contributed by atoms with E-state index < -0.39 is 31.1 Å². The zero-order chi connectivity index (χ0) is 19.7. The van der Waals surface area contributed by atoms with Gasteiger partial charge in [0.1, 0.15) is 17.2 Å².